The summed E-state index contributed by atoms with van der Waals surface area (Å²) < 4.78 is 0. The number of benzene rings is 1. The Kier molecular flexibility index (Phi) is 3.05. The predicted octanol–water partition coefficient (Wildman–Crippen LogP) is 2.75. The van der Waals surface area contributed by atoms with Crippen molar-refractivity contribution >= 4 is 11.6 Å². The first-order valence-electron chi connectivity index (χ1n) is 6.93. The van der Waals surface area contributed by atoms with Gasteiger partial charge in [-0.15, -0.1) is 6.58 Å². The quantitative estimate of drug-likeness (QED) is 0.478. The van der Waals surface area contributed by atoms with E-state index in [-0.39, 0.29) is 11.6 Å². The van der Waals surface area contributed by atoms with E-state index in [0.717, 1.165) is 19.4 Å². The highest BCUT2D eigenvalue weighted by Crippen LogP contribution is 2.41. The molecular formula is C17H17NO2. The van der Waals surface area contributed by atoms with Crippen LogP contribution in [-0.4, -0.2) is 28.6 Å². The first-order valence-corrected chi connectivity index (χ1v) is 6.93. The van der Waals surface area contributed by atoms with E-state index in [1.54, 1.807) is 24.4 Å². The topological polar surface area (TPSA) is 37.4 Å². The molecule has 2 aliphatic heterocycles. The van der Waals surface area contributed by atoms with Crippen LogP contribution in [0.4, 0.5) is 0 Å². The molecule has 0 N–H and O–H groups in total. The van der Waals surface area contributed by atoms with Crippen LogP contribution in [-0.2, 0) is 4.79 Å². The number of fused-ring (bicyclic) bond motifs is 1. The second-order valence-corrected chi connectivity index (χ2v) is 5.39. The van der Waals surface area contributed by atoms with E-state index in [4.69, 9.17) is 0 Å². The van der Waals surface area contributed by atoms with Gasteiger partial charge in [0, 0.05) is 18.3 Å². The summed E-state index contributed by atoms with van der Waals surface area (Å²) in [6, 6.07) is 8.99. The minimum atomic E-state index is -0.540. The zero-order valence-corrected chi connectivity index (χ0v) is 11.3. The van der Waals surface area contributed by atoms with Crippen molar-refractivity contribution in [2.45, 2.75) is 24.8 Å². The summed E-state index contributed by atoms with van der Waals surface area (Å²) in [6.07, 6.45) is 5.94. The van der Waals surface area contributed by atoms with E-state index in [9.17, 15) is 9.59 Å². The van der Waals surface area contributed by atoms with Gasteiger partial charge >= 0.3 is 0 Å². The number of hydrogen-bond acceptors (Lipinski definition) is 3. The van der Waals surface area contributed by atoms with Gasteiger partial charge in [-0.2, -0.15) is 0 Å². The Morgan fingerprint density at radius 2 is 2.10 bits per heavy atom. The molecule has 0 amide bonds. The van der Waals surface area contributed by atoms with Gasteiger partial charge in [0.2, 0.25) is 0 Å². The number of Topliss-reactive ketones (excluding diaryl/α,β-unsaturated/α-hetero) is 2. The summed E-state index contributed by atoms with van der Waals surface area (Å²) in [5.41, 5.74) is 0.349. The number of carbonyl (C=O) groups is 2. The lowest BCUT2D eigenvalue weighted by Crippen LogP contribution is -2.43. The van der Waals surface area contributed by atoms with Crippen molar-refractivity contribution in [3.05, 3.63) is 60.3 Å². The Balaban J connectivity index is 1.95. The third kappa shape index (κ3) is 1.73. The van der Waals surface area contributed by atoms with E-state index < -0.39 is 5.54 Å². The van der Waals surface area contributed by atoms with Crippen molar-refractivity contribution in [1.29, 1.82) is 0 Å². The molecule has 0 bridgehead atoms. The minimum Gasteiger partial charge on any atom is -0.363 e. The van der Waals surface area contributed by atoms with Gasteiger partial charge in [0.15, 0.2) is 11.6 Å². The molecule has 0 unspecified atom stereocenters. The molecule has 2 aliphatic rings. The summed E-state index contributed by atoms with van der Waals surface area (Å²) in [7, 11) is 0. The number of carbonyl (C=O) groups excluding carboxylic acids is 2. The molecule has 3 nitrogen and oxygen atoms in total. The molecule has 2 heterocycles. The number of nitrogens with zero attached hydrogens (tertiary/aromatic N) is 1. The maximum absolute atomic E-state index is 12.7. The second-order valence-electron chi connectivity index (χ2n) is 5.39. The van der Waals surface area contributed by atoms with E-state index >= 15 is 0 Å². The Hall–Kier alpha value is -2.16. The number of ketones is 2. The third-order valence-corrected chi connectivity index (χ3v) is 4.25. The Morgan fingerprint density at radius 1 is 1.35 bits per heavy atom. The van der Waals surface area contributed by atoms with Gasteiger partial charge in [0.1, 0.15) is 5.54 Å². The molecular weight excluding hydrogens is 250 g/mol. The van der Waals surface area contributed by atoms with Crippen LogP contribution in [0.2, 0.25) is 0 Å². The van der Waals surface area contributed by atoms with E-state index in [1.807, 2.05) is 23.1 Å². The fraction of sp³-hybridized carbons (Fsp3) is 0.294. The van der Waals surface area contributed by atoms with Crippen molar-refractivity contribution in [2.75, 3.05) is 6.54 Å². The summed E-state index contributed by atoms with van der Waals surface area (Å²) >= 11 is 0. The van der Waals surface area contributed by atoms with Gasteiger partial charge in [-0.05, 0) is 19.3 Å². The molecule has 3 rings (SSSR count). The summed E-state index contributed by atoms with van der Waals surface area (Å²) in [4.78, 5) is 27.3. The minimum absolute atomic E-state index is 0.0382. The molecule has 0 saturated carbocycles. The molecule has 1 aromatic rings. The van der Waals surface area contributed by atoms with Crippen molar-refractivity contribution < 1.29 is 9.59 Å². The molecule has 0 spiro atoms. The molecule has 102 valence electrons. The maximum Gasteiger partial charge on any atom is 0.198 e. The summed E-state index contributed by atoms with van der Waals surface area (Å²) in [6.45, 7) is 4.59. The van der Waals surface area contributed by atoms with Crippen molar-refractivity contribution in [2.24, 2.45) is 0 Å². The molecule has 0 radical (unpaired) electrons. The largest absolute Gasteiger partial charge is 0.363 e. The summed E-state index contributed by atoms with van der Waals surface area (Å²) in [5.74, 6) is -0.211. The average Bonchev–Trinajstić information content (AvgIpc) is 2.98. The lowest BCUT2D eigenvalue weighted by atomic mass is 9.85. The van der Waals surface area contributed by atoms with Crippen molar-refractivity contribution in [3.8, 4) is 0 Å². The Bertz CT molecular complexity index is 603. The highest BCUT2D eigenvalue weighted by molar-refractivity contribution is 6.29. The van der Waals surface area contributed by atoms with Crippen LogP contribution in [0.3, 0.4) is 0 Å². The van der Waals surface area contributed by atoms with Crippen LogP contribution < -0.4 is 0 Å². The van der Waals surface area contributed by atoms with Gasteiger partial charge in [-0.25, -0.2) is 0 Å². The van der Waals surface area contributed by atoms with E-state index in [2.05, 4.69) is 6.58 Å². The molecule has 3 heteroatoms. The molecule has 0 aliphatic carbocycles. The van der Waals surface area contributed by atoms with Gasteiger partial charge < -0.3 is 4.90 Å². The molecule has 1 saturated heterocycles. The van der Waals surface area contributed by atoms with Crippen molar-refractivity contribution in [1.82, 2.24) is 4.90 Å². The van der Waals surface area contributed by atoms with Gasteiger partial charge in [-0.3, -0.25) is 9.59 Å². The molecule has 1 atom stereocenters. The van der Waals surface area contributed by atoms with Crippen LogP contribution in [0.15, 0.2) is 54.8 Å². The lowest BCUT2D eigenvalue weighted by molar-refractivity contribution is -0.122. The Morgan fingerprint density at radius 3 is 2.80 bits per heavy atom. The van der Waals surface area contributed by atoms with Gasteiger partial charge in [0.25, 0.3) is 0 Å². The number of rotatable bonds is 4. The SMILES string of the molecule is C=CC[C@@]12CCCN1C=C(C(=O)c1ccccc1)C2=O. The lowest BCUT2D eigenvalue weighted by Gasteiger charge is -2.30. The first kappa shape index (κ1) is 12.9. The van der Waals surface area contributed by atoms with Crippen LogP contribution in [0.1, 0.15) is 29.6 Å². The fourth-order valence-electron chi connectivity index (χ4n) is 3.25. The number of hydrogen-bond donors (Lipinski definition) is 0. The van der Waals surface area contributed by atoms with E-state index in [1.165, 1.54) is 0 Å². The van der Waals surface area contributed by atoms with Crippen LogP contribution in [0.25, 0.3) is 0 Å². The standard InChI is InChI=1S/C17H17NO2/c1-2-9-17-10-6-11-18(17)12-14(16(17)20)15(19)13-7-4-3-5-8-13/h2-5,7-8,12H,1,6,9-11H2/t17-/m0/s1. The molecule has 0 aromatic heterocycles. The first-order chi connectivity index (χ1) is 9.69. The van der Waals surface area contributed by atoms with Gasteiger partial charge in [0.05, 0.1) is 5.57 Å². The molecule has 20 heavy (non-hydrogen) atoms. The maximum atomic E-state index is 12.7. The van der Waals surface area contributed by atoms with Crippen LogP contribution in [0.5, 0.6) is 0 Å². The van der Waals surface area contributed by atoms with E-state index in [0.29, 0.717) is 17.6 Å². The zero-order chi connectivity index (χ0) is 14.2. The van der Waals surface area contributed by atoms with Crippen LogP contribution >= 0.6 is 0 Å². The smallest absolute Gasteiger partial charge is 0.198 e. The molecule has 1 fully saturated rings. The summed E-state index contributed by atoms with van der Waals surface area (Å²) in [5, 5.41) is 0. The second kappa shape index (κ2) is 4.75. The Labute approximate surface area is 118 Å². The third-order valence-electron chi connectivity index (χ3n) is 4.25. The predicted molar refractivity (Wildman–Crippen MR) is 77.3 cm³/mol. The van der Waals surface area contributed by atoms with Crippen molar-refractivity contribution in [3.63, 3.8) is 0 Å². The van der Waals surface area contributed by atoms with Gasteiger partial charge in [-0.1, -0.05) is 36.4 Å². The zero-order valence-electron chi connectivity index (χ0n) is 11.3. The highest BCUT2D eigenvalue weighted by Gasteiger charge is 2.51. The van der Waals surface area contributed by atoms with Crippen LogP contribution in [0, 0.1) is 0 Å². The fourth-order valence-corrected chi connectivity index (χ4v) is 3.25. The monoisotopic (exact) mass is 267 g/mol. The molecule has 1 aromatic carbocycles. The normalized spacial score (nSPS) is 24.5. The average molecular weight is 267 g/mol. The highest BCUT2D eigenvalue weighted by atomic mass is 16.2.